The van der Waals surface area contributed by atoms with E-state index in [0.29, 0.717) is 11.4 Å². The molecule has 1 heterocycles. The summed E-state index contributed by atoms with van der Waals surface area (Å²) >= 11 is 0. The number of halogens is 1. The standard InChI is InChI=1S/C15H14FN3O2/c1-9-6-15(17-8-14(9)19(20)21)18-13-5-3-10-2-4-11(16)7-12(10)13/h2,4,6-8,13H,3,5H2,1H3,(H,17,18). The molecule has 3 rings (SSSR count). The lowest BCUT2D eigenvalue weighted by Crippen LogP contribution is -2.09. The second kappa shape index (κ2) is 5.12. The molecule has 0 fully saturated rings. The first-order chi connectivity index (χ1) is 10.0. The molecule has 0 amide bonds. The molecule has 0 saturated carbocycles. The van der Waals surface area contributed by atoms with E-state index in [-0.39, 0.29) is 17.5 Å². The van der Waals surface area contributed by atoms with E-state index in [9.17, 15) is 14.5 Å². The summed E-state index contributed by atoms with van der Waals surface area (Å²) in [5.74, 6) is 0.315. The maximum atomic E-state index is 13.4. The molecule has 1 unspecified atom stereocenters. The maximum Gasteiger partial charge on any atom is 0.290 e. The molecule has 0 bridgehead atoms. The largest absolute Gasteiger partial charge is 0.363 e. The molecule has 0 saturated heterocycles. The summed E-state index contributed by atoms with van der Waals surface area (Å²) in [4.78, 5) is 14.4. The number of rotatable bonds is 3. The zero-order valence-electron chi connectivity index (χ0n) is 11.5. The Morgan fingerprint density at radius 3 is 2.95 bits per heavy atom. The molecule has 1 aromatic carbocycles. The van der Waals surface area contributed by atoms with Crippen molar-refractivity contribution in [3.05, 3.63) is 63.1 Å². The second-order valence-corrected chi connectivity index (χ2v) is 5.19. The highest BCUT2D eigenvalue weighted by atomic mass is 19.1. The van der Waals surface area contributed by atoms with Crippen LogP contribution in [0.4, 0.5) is 15.9 Å². The number of pyridine rings is 1. The van der Waals surface area contributed by atoms with Gasteiger partial charge in [-0.05, 0) is 49.1 Å². The number of hydrogen-bond acceptors (Lipinski definition) is 4. The van der Waals surface area contributed by atoms with Crippen molar-refractivity contribution in [2.45, 2.75) is 25.8 Å². The van der Waals surface area contributed by atoms with Crippen LogP contribution in [0.2, 0.25) is 0 Å². The van der Waals surface area contributed by atoms with Crippen molar-refractivity contribution in [3.63, 3.8) is 0 Å². The highest BCUT2D eigenvalue weighted by Gasteiger charge is 2.23. The molecule has 108 valence electrons. The fraction of sp³-hybridized carbons (Fsp3) is 0.267. The third-order valence-corrected chi connectivity index (χ3v) is 3.79. The van der Waals surface area contributed by atoms with Crippen LogP contribution in [-0.2, 0) is 6.42 Å². The van der Waals surface area contributed by atoms with Gasteiger partial charge < -0.3 is 5.32 Å². The number of aryl methyl sites for hydroxylation is 2. The SMILES string of the molecule is Cc1cc(NC2CCc3ccc(F)cc32)ncc1[N+](=O)[O-]. The Morgan fingerprint density at radius 1 is 1.43 bits per heavy atom. The molecule has 1 N–H and O–H groups in total. The van der Waals surface area contributed by atoms with Crippen LogP contribution in [0.25, 0.3) is 0 Å². The lowest BCUT2D eigenvalue weighted by Gasteiger charge is -2.15. The average Bonchev–Trinajstić information content (AvgIpc) is 2.81. The number of hydrogen-bond donors (Lipinski definition) is 1. The Labute approximate surface area is 121 Å². The van der Waals surface area contributed by atoms with Gasteiger partial charge in [0.05, 0.1) is 11.0 Å². The van der Waals surface area contributed by atoms with Gasteiger partial charge in [0.2, 0.25) is 0 Å². The predicted octanol–water partition coefficient (Wildman–Crippen LogP) is 3.54. The van der Waals surface area contributed by atoms with Gasteiger partial charge in [0.25, 0.3) is 5.69 Å². The van der Waals surface area contributed by atoms with Crippen LogP contribution < -0.4 is 5.32 Å². The third-order valence-electron chi connectivity index (χ3n) is 3.79. The van der Waals surface area contributed by atoms with Gasteiger partial charge in [-0.2, -0.15) is 0 Å². The molecule has 5 nitrogen and oxygen atoms in total. The van der Waals surface area contributed by atoms with Gasteiger partial charge in [-0.25, -0.2) is 9.37 Å². The molecule has 1 aromatic heterocycles. The number of nitrogens with one attached hydrogen (secondary N) is 1. The Kier molecular flexibility index (Phi) is 3.29. The molecule has 1 atom stereocenters. The number of nitro groups is 1. The number of nitrogens with zero attached hydrogens (tertiary/aromatic N) is 2. The summed E-state index contributed by atoms with van der Waals surface area (Å²) in [5, 5.41) is 14.0. The quantitative estimate of drug-likeness (QED) is 0.692. The maximum absolute atomic E-state index is 13.4. The van der Waals surface area contributed by atoms with Crippen LogP contribution in [-0.4, -0.2) is 9.91 Å². The monoisotopic (exact) mass is 287 g/mol. The number of fused-ring (bicyclic) bond motifs is 1. The van der Waals surface area contributed by atoms with Crippen molar-refractivity contribution in [1.29, 1.82) is 0 Å². The average molecular weight is 287 g/mol. The van der Waals surface area contributed by atoms with Gasteiger partial charge in [-0.15, -0.1) is 0 Å². The molecule has 21 heavy (non-hydrogen) atoms. The van der Waals surface area contributed by atoms with E-state index in [1.54, 1.807) is 19.1 Å². The lowest BCUT2D eigenvalue weighted by atomic mass is 10.1. The minimum atomic E-state index is -0.452. The van der Waals surface area contributed by atoms with Crippen molar-refractivity contribution in [1.82, 2.24) is 4.98 Å². The minimum Gasteiger partial charge on any atom is -0.363 e. The van der Waals surface area contributed by atoms with Gasteiger partial charge in [-0.3, -0.25) is 10.1 Å². The van der Waals surface area contributed by atoms with Crippen molar-refractivity contribution in [2.75, 3.05) is 5.32 Å². The van der Waals surface area contributed by atoms with Crippen molar-refractivity contribution >= 4 is 11.5 Å². The van der Waals surface area contributed by atoms with Crippen LogP contribution in [0.3, 0.4) is 0 Å². The first kappa shape index (κ1) is 13.5. The summed E-state index contributed by atoms with van der Waals surface area (Å²) < 4.78 is 13.4. The third kappa shape index (κ3) is 2.56. The molecule has 0 spiro atoms. The van der Waals surface area contributed by atoms with Crippen molar-refractivity contribution in [2.24, 2.45) is 0 Å². The van der Waals surface area contributed by atoms with Crippen molar-refractivity contribution < 1.29 is 9.31 Å². The molecular formula is C15H14FN3O2. The fourth-order valence-corrected chi connectivity index (χ4v) is 2.72. The number of anilines is 1. The summed E-state index contributed by atoms with van der Waals surface area (Å²) in [6.07, 6.45) is 2.99. The highest BCUT2D eigenvalue weighted by molar-refractivity contribution is 5.49. The Morgan fingerprint density at radius 2 is 2.24 bits per heavy atom. The minimum absolute atomic E-state index is 0.00147. The van der Waals surface area contributed by atoms with Crippen LogP contribution in [0.15, 0.2) is 30.5 Å². The summed E-state index contributed by atoms with van der Waals surface area (Å²) in [6, 6.07) is 6.45. The fourth-order valence-electron chi connectivity index (χ4n) is 2.72. The molecular weight excluding hydrogens is 273 g/mol. The van der Waals surface area contributed by atoms with Gasteiger partial charge in [0, 0.05) is 5.56 Å². The highest BCUT2D eigenvalue weighted by Crippen LogP contribution is 2.34. The van der Waals surface area contributed by atoms with E-state index in [1.807, 2.05) is 0 Å². The summed E-state index contributed by atoms with van der Waals surface area (Å²) in [7, 11) is 0. The van der Waals surface area contributed by atoms with Crippen LogP contribution in [0.5, 0.6) is 0 Å². The molecule has 1 aliphatic carbocycles. The van der Waals surface area contributed by atoms with E-state index in [1.165, 1.54) is 18.3 Å². The van der Waals surface area contributed by atoms with Crippen molar-refractivity contribution in [3.8, 4) is 0 Å². The van der Waals surface area contributed by atoms with Gasteiger partial charge in [-0.1, -0.05) is 6.07 Å². The first-order valence-electron chi connectivity index (χ1n) is 6.70. The van der Waals surface area contributed by atoms with Crippen LogP contribution >= 0.6 is 0 Å². The lowest BCUT2D eigenvalue weighted by molar-refractivity contribution is -0.385. The molecule has 0 radical (unpaired) electrons. The topological polar surface area (TPSA) is 68.1 Å². The van der Waals surface area contributed by atoms with Crippen LogP contribution in [0.1, 0.15) is 29.2 Å². The summed E-state index contributed by atoms with van der Waals surface area (Å²) in [6.45, 7) is 1.67. The zero-order valence-corrected chi connectivity index (χ0v) is 11.5. The van der Waals surface area contributed by atoms with E-state index >= 15 is 0 Å². The normalized spacial score (nSPS) is 16.6. The van der Waals surface area contributed by atoms with Gasteiger partial charge in [0.1, 0.15) is 17.8 Å². The zero-order chi connectivity index (χ0) is 15.0. The summed E-state index contributed by atoms with van der Waals surface area (Å²) in [5.41, 5.74) is 2.62. The van der Waals surface area contributed by atoms with E-state index in [4.69, 9.17) is 0 Å². The Balaban J connectivity index is 1.85. The van der Waals surface area contributed by atoms with Gasteiger partial charge >= 0.3 is 0 Å². The Bertz CT molecular complexity index is 718. The van der Waals surface area contributed by atoms with Crippen LogP contribution in [0, 0.1) is 22.9 Å². The Hall–Kier alpha value is -2.50. The first-order valence-corrected chi connectivity index (χ1v) is 6.70. The number of benzene rings is 1. The van der Waals surface area contributed by atoms with E-state index in [2.05, 4.69) is 10.3 Å². The smallest absolute Gasteiger partial charge is 0.290 e. The second-order valence-electron chi connectivity index (χ2n) is 5.19. The molecule has 1 aliphatic rings. The molecule has 2 aromatic rings. The number of aromatic nitrogens is 1. The molecule has 6 heteroatoms. The van der Waals surface area contributed by atoms with Gasteiger partial charge in [0.15, 0.2) is 0 Å². The molecule has 0 aliphatic heterocycles. The van der Waals surface area contributed by atoms with E-state index in [0.717, 1.165) is 24.0 Å². The van der Waals surface area contributed by atoms with E-state index < -0.39 is 4.92 Å². The predicted molar refractivity (Wildman–Crippen MR) is 76.7 cm³/mol.